The van der Waals surface area contributed by atoms with E-state index in [2.05, 4.69) is 57.5 Å². The zero-order valence-electron chi connectivity index (χ0n) is 15.3. The van der Waals surface area contributed by atoms with Crippen molar-refractivity contribution in [2.24, 2.45) is 0 Å². The highest BCUT2D eigenvalue weighted by Crippen LogP contribution is 2.24. The molecule has 27 heavy (non-hydrogen) atoms. The molecule has 0 saturated carbocycles. The Bertz CT molecular complexity index is 917. The highest BCUT2D eigenvalue weighted by Gasteiger charge is 2.14. The summed E-state index contributed by atoms with van der Waals surface area (Å²) in [5.41, 5.74) is 2.93. The summed E-state index contributed by atoms with van der Waals surface area (Å²) in [5.74, 6) is 0.117. The third-order valence-corrected chi connectivity index (χ3v) is 5.33. The lowest BCUT2D eigenvalue weighted by Gasteiger charge is -2.19. The summed E-state index contributed by atoms with van der Waals surface area (Å²) in [5, 5.41) is 15.2. The molecule has 0 atom stereocenters. The molecule has 0 fully saturated rings. The molecule has 0 aliphatic carbocycles. The number of halogens is 1. The molecule has 0 unspecified atom stereocenters. The van der Waals surface area contributed by atoms with E-state index in [1.807, 2.05) is 48.5 Å². The third-order valence-electron chi connectivity index (χ3n) is 3.88. The number of aromatic nitrogens is 4. The maximum atomic E-state index is 12.3. The van der Waals surface area contributed by atoms with Gasteiger partial charge in [-0.25, -0.2) is 0 Å². The van der Waals surface area contributed by atoms with Crippen molar-refractivity contribution in [1.82, 2.24) is 20.2 Å². The predicted molar refractivity (Wildman–Crippen MR) is 111 cm³/mol. The van der Waals surface area contributed by atoms with Gasteiger partial charge in [-0.15, -0.1) is 5.10 Å². The van der Waals surface area contributed by atoms with Crippen LogP contribution in [0.15, 0.2) is 58.2 Å². The smallest absolute Gasteiger partial charge is 0.234 e. The molecule has 0 spiro atoms. The van der Waals surface area contributed by atoms with E-state index in [1.165, 1.54) is 17.3 Å². The molecule has 2 aromatic carbocycles. The van der Waals surface area contributed by atoms with Crippen LogP contribution in [0.2, 0.25) is 0 Å². The van der Waals surface area contributed by atoms with Gasteiger partial charge >= 0.3 is 0 Å². The molecular formula is C19H20BrN5OS. The minimum Gasteiger partial charge on any atom is -0.325 e. The van der Waals surface area contributed by atoms with E-state index in [-0.39, 0.29) is 17.1 Å². The second-order valence-corrected chi connectivity index (χ2v) is 8.87. The van der Waals surface area contributed by atoms with Crippen LogP contribution in [0.3, 0.4) is 0 Å². The number of amides is 1. The number of tetrazole rings is 1. The molecule has 6 nitrogen and oxygen atoms in total. The van der Waals surface area contributed by atoms with E-state index < -0.39 is 0 Å². The van der Waals surface area contributed by atoms with Crippen molar-refractivity contribution in [3.05, 3.63) is 58.6 Å². The van der Waals surface area contributed by atoms with E-state index in [1.54, 1.807) is 4.68 Å². The number of rotatable bonds is 5. The van der Waals surface area contributed by atoms with Crippen molar-refractivity contribution in [2.45, 2.75) is 31.3 Å². The van der Waals surface area contributed by atoms with E-state index in [9.17, 15) is 4.79 Å². The van der Waals surface area contributed by atoms with Crippen molar-refractivity contribution in [3.8, 4) is 5.69 Å². The second kappa shape index (κ2) is 8.22. The van der Waals surface area contributed by atoms with Gasteiger partial charge in [0.15, 0.2) is 0 Å². The Balaban J connectivity index is 1.60. The Morgan fingerprint density at radius 1 is 1.11 bits per heavy atom. The highest BCUT2D eigenvalue weighted by molar-refractivity contribution is 9.10. The summed E-state index contributed by atoms with van der Waals surface area (Å²) in [6, 6.07) is 15.6. The van der Waals surface area contributed by atoms with Crippen LogP contribution in [0.1, 0.15) is 26.3 Å². The van der Waals surface area contributed by atoms with E-state index in [4.69, 9.17) is 0 Å². The zero-order valence-corrected chi connectivity index (χ0v) is 17.7. The van der Waals surface area contributed by atoms with E-state index >= 15 is 0 Å². The van der Waals surface area contributed by atoms with Gasteiger partial charge in [-0.2, -0.15) is 4.68 Å². The summed E-state index contributed by atoms with van der Waals surface area (Å²) < 4.78 is 2.59. The minimum absolute atomic E-state index is 0.0858. The molecule has 3 rings (SSSR count). The first-order valence-electron chi connectivity index (χ1n) is 8.40. The van der Waals surface area contributed by atoms with Crippen LogP contribution in [-0.4, -0.2) is 31.9 Å². The lowest BCUT2D eigenvalue weighted by atomic mass is 9.87. The van der Waals surface area contributed by atoms with Crippen LogP contribution in [0.25, 0.3) is 5.69 Å². The largest absolute Gasteiger partial charge is 0.325 e. The molecule has 3 aromatic rings. The Kier molecular flexibility index (Phi) is 5.96. The van der Waals surface area contributed by atoms with Crippen molar-refractivity contribution in [1.29, 1.82) is 0 Å². The van der Waals surface area contributed by atoms with E-state index in [0.717, 1.165) is 15.8 Å². The molecule has 140 valence electrons. The molecule has 0 bridgehead atoms. The Hall–Kier alpha value is -2.19. The van der Waals surface area contributed by atoms with Crippen LogP contribution in [0, 0.1) is 0 Å². The SMILES string of the molecule is CC(C)(C)c1ccc(NC(=O)CSc2nnnn2-c2ccc(Br)cc2)cc1. The number of hydrogen-bond acceptors (Lipinski definition) is 5. The molecule has 8 heteroatoms. The lowest BCUT2D eigenvalue weighted by Crippen LogP contribution is -2.15. The molecule has 0 saturated heterocycles. The molecule has 1 aromatic heterocycles. The average molecular weight is 446 g/mol. The fourth-order valence-corrected chi connectivity index (χ4v) is 3.35. The second-order valence-electron chi connectivity index (χ2n) is 7.01. The van der Waals surface area contributed by atoms with Crippen LogP contribution in [0.5, 0.6) is 0 Å². The fraction of sp³-hybridized carbons (Fsp3) is 0.263. The molecular weight excluding hydrogens is 426 g/mol. The Morgan fingerprint density at radius 3 is 2.41 bits per heavy atom. The summed E-state index contributed by atoms with van der Waals surface area (Å²) in [6.07, 6.45) is 0. The number of carbonyl (C=O) groups excluding carboxylic acids is 1. The number of nitrogens with one attached hydrogen (secondary N) is 1. The maximum absolute atomic E-state index is 12.3. The van der Waals surface area contributed by atoms with Gasteiger partial charge in [-0.05, 0) is 57.8 Å². The predicted octanol–water partition coefficient (Wildman–Crippen LogP) is 4.45. The molecule has 1 heterocycles. The van der Waals surface area contributed by atoms with Crippen molar-refractivity contribution in [3.63, 3.8) is 0 Å². The van der Waals surface area contributed by atoms with Gasteiger partial charge in [0, 0.05) is 10.2 Å². The van der Waals surface area contributed by atoms with Crippen LogP contribution >= 0.6 is 27.7 Å². The van der Waals surface area contributed by atoms with Crippen LogP contribution in [0.4, 0.5) is 5.69 Å². The van der Waals surface area contributed by atoms with Gasteiger partial charge in [0.25, 0.3) is 0 Å². The molecule has 0 radical (unpaired) electrons. The molecule has 0 aliphatic heterocycles. The van der Waals surface area contributed by atoms with E-state index in [0.29, 0.717) is 5.16 Å². The van der Waals surface area contributed by atoms with Gasteiger partial charge in [0.2, 0.25) is 11.1 Å². The number of hydrogen-bond donors (Lipinski definition) is 1. The first-order valence-corrected chi connectivity index (χ1v) is 10.2. The topological polar surface area (TPSA) is 72.7 Å². The molecule has 1 amide bonds. The molecule has 1 N–H and O–H groups in total. The average Bonchev–Trinajstić information content (AvgIpc) is 3.09. The van der Waals surface area contributed by atoms with Gasteiger partial charge in [-0.3, -0.25) is 4.79 Å². The van der Waals surface area contributed by atoms with Gasteiger partial charge in [0.1, 0.15) is 0 Å². The maximum Gasteiger partial charge on any atom is 0.234 e. The number of anilines is 1. The van der Waals surface area contributed by atoms with Crippen LogP contribution < -0.4 is 5.32 Å². The summed E-state index contributed by atoms with van der Waals surface area (Å²) in [4.78, 5) is 12.3. The first kappa shape index (κ1) is 19.6. The van der Waals surface area contributed by atoms with Crippen molar-refractivity contribution in [2.75, 3.05) is 11.1 Å². The lowest BCUT2D eigenvalue weighted by molar-refractivity contribution is -0.113. The fourth-order valence-electron chi connectivity index (χ4n) is 2.39. The van der Waals surface area contributed by atoms with Gasteiger partial charge in [0.05, 0.1) is 11.4 Å². The Morgan fingerprint density at radius 2 is 1.78 bits per heavy atom. The summed E-state index contributed by atoms with van der Waals surface area (Å²) in [7, 11) is 0. The number of benzene rings is 2. The number of thioether (sulfide) groups is 1. The minimum atomic E-state index is -0.103. The van der Waals surface area contributed by atoms with Gasteiger partial charge in [-0.1, -0.05) is 60.6 Å². The summed E-state index contributed by atoms with van der Waals surface area (Å²) in [6.45, 7) is 6.48. The van der Waals surface area contributed by atoms with Crippen molar-refractivity contribution < 1.29 is 4.79 Å². The normalized spacial score (nSPS) is 11.4. The monoisotopic (exact) mass is 445 g/mol. The number of carbonyl (C=O) groups is 1. The van der Waals surface area contributed by atoms with Crippen molar-refractivity contribution >= 4 is 39.3 Å². The first-order chi connectivity index (χ1) is 12.8. The van der Waals surface area contributed by atoms with Crippen LogP contribution in [-0.2, 0) is 10.2 Å². The van der Waals surface area contributed by atoms with Gasteiger partial charge < -0.3 is 5.32 Å². The number of nitrogens with zero attached hydrogens (tertiary/aromatic N) is 4. The standard InChI is InChI=1S/C19H20BrN5OS/c1-19(2,3)13-4-8-15(9-5-13)21-17(26)12-27-18-22-23-24-25(18)16-10-6-14(20)7-11-16/h4-11H,12H2,1-3H3,(H,21,26). The Labute approximate surface area is 170 Å². The quantitative estimate of drug-likeness (QED) is 0.587. The third kappa shape index (κ3) is 5.17. The molecule has 0 aliphatic rings. The zero-order chi connectivity index (χ0) is 19.4. The highest BCUT2D eigenvalue weighted by atomic mass is 79.9. The summed E-state index contributed by atoms with van der Waals surface area (Å²) >= 11 is 4.70.